The molecule has 0 radical (unpaired) electrons. The number of anilines is 3. The molecule has 2 aromatic carbocycles. The van der Waals surface area contributed by atoms with E-state index in [-0.39, 0.29) is 43.2 Å². The van der Waals surface area contributed by atoms with Crippen LogP contribution in [0.4, 0.5) is 45.5 Å². The van der Waals surface area contributed by atoms with E-state index in [0.717, 1.165) is 17.2 Å². The summed E-state index contributed by atoms with van der Waals surface area (Å²) in [6.45, 7) is -0.272. The maximum absolute atomic E-state index is 13.7. The summed E-state index contributed by atoms with van der Waals surface area (Å²) >= 11 is 5.81. The molecule has 0 fully saturated rings. The maximum Gasteiger partial charge on any atom is 0.419 e. The van der Waals surface area contributed by atoms with Gasteiger partial charge >= 0.3 is 6.18 Å². The lowest BCUT2D eigenvalue weighted by Gasteiger charge is -2.12. The van der Waals surface area contributed by atoms with Crippen LogP contribution in [-0.4, -0.2) is 33.2 Å². The average molecular weight is 579 g/mol. The van der Waals surface area contributed by atoms with Gasteiger partial charge in [0.1, 0.15) is 30.0 Å². The van der Waals surface area contributed by atoms with Crippen LogP contribution in [0.25, 0.3) is 0 Å². The van der Waals surface area contributed by atoms with E-state index in [9.17, 15) is 22.0 Å². The number of halogens is 6. The molecule has 0 atom stereocenters. The van der Waals surface area contributed by atoms with Crippen LogP contribution in [0, 0.1) is 5.82 Å². The predicted octanol–water partition coefficient (Wildman–Crippen LogP) is 7.07. The summed E-state index contributed by atoms with van der Waals surface area (Å²) in [5, 5.41) is 14.0. The van der Waals surface area contributed by atoms with Crippen LogP contribution < -0.4 is 15.4 Å². The van der Waals surface area contributed by atoms with Crippen LogP contribution >= 0.6 is 11.6 Å². The number of benzene rings is 2. The number of azo groups is 1. The zero-order valence-corrected chi connectivity index (χ0v) is 21.2. The van der Waals surface area contributed by atoms with Gasteiger partial charge < -0.3 is 15.4 Å². The van der Waals surface area contributed by atoms with Crippen LogP contribution in [0.1, 0.15) is 16.7 Å². The molecule has 0 aliphatic carbocycles. The van der Waals surface area contributed by atoms with E-state index in [1.165, 1.54) is 0 Å². The van der Waals surface area contributed by atoms with Crippen molar-refractivity contribution in [1.29, 1.82) is 0 Å². The van der Waals surface area contributed by atoms with Gasteiger partial charge in [0.2, 0.25) is 11.9 Å². The smallest absolute Gasteiger partial charge is 0.419 e. The van der Waals surface area contributed by atoms with Crippen molar-refractivity contribution in [2.45, 2.75) is 19.3 Å². The van der Waals surface area contributed by atoms with Gasteiger partial charge in [0, 0.05) is 18.4 Å². The largest absolute Gasteiger partial charge is 0.491 e. The van der Waals surface area contributed by atoms with Crippen molar-refractivity contribution in [3.63, 3.8) is 0 Å². The van der Waals surface area contributed by atoms with Crippen molar-refractivity contribution >= 4 is 35.1 Å². The van der Waals surface area contributed by atoms with E-state index in [1.54, 1.807) is 42.6 Å². The Morgan fingerprint density at radius 2 is 1.68 bits per heavy atom. The molecule has 40 heavy (non-hydrogen) atoms. The Kier molecular flexibility index (Phi) is 9.32. The molecule has 0 spiro atoms. The van der Waals surface area contributed by atoms with Crippen LogP contribution in [0.15, 0.2) is 71.0 Å². The summed E-state index contributed by atoms with van der Waals surface area (Å²) in [6.07, 6.45) is -3.35. The maximum atomic E-state index is 13.7. The highest BCUT2D eigenvalue weighted by Gasteiger charge is 2.34. The standard InChI is InChI=1S/C25H20ClF5N8O/c26-21-8-3-16(12-32-21)13-33-22-36-23(35-17-4-7-20(28)19(11-17)25(29,30)31)38-24(37-22)39-34-14-15-1-5-18(6-2-15)40-10-9-27/h1-8,11-12H,9-10,13-14H2,(H2,33,35,36,37,38). The lowest BCUT2D eigenvalue weighted by Crippen LogP contribution is -2.10. The van der Waals surface area contributed by atoms with Crippen molar-refractivity contribution < 1.29 is 26.7 Å². The van der Waals surface area contributed by atoms with Crippen molar-refractivity contribution in [3.8, 4) is 5.75 Å². The molecule has 0 aliphatic rings. The Morgan fingerprint density at radius 3 is 2.38 bits per heavy atom. The Morgan fingerprint density at radius 1 is 0.925 bits per heavy atom. The molecule has 4 rings (SSSR count). The van der Waals surface area contributed by atoms with Gasteiger partial charge in [0.15, 0.2) is 0 Å². The first-order valence-corrected chi connectivity index (χ1v) is 12.0. The van der Waals surface area contributed by atoms with Gasteiger partial charge in [-0.1, -0.05) is 29.8 Å². The Hall–Kier alpha value is -4.46. The third-order valence-electron chi connectivity index (χ3n) is 5.07. The first-order chi connectivity index (χ1) is 19.2. The van der Waals surface area contributed by atoms with E-state index in [4.69, 9.17) is 16.3 Å². The average Bonchev–Trinajstić information content (AvgIpc) is 2.93. The van der Waals surface area contributed by atoms with Crippen LogP contribution in [0.3, 0.4) is 0 Å². The van der Waals surface area contributed by atoms with E-state index in [2.05, 4.69) is 40.8 Å². The van der Waals surface area contributed by atoms with Gasteiger partial charge in [-0.15, -0.1) is 5.11 Å². The molecule has 4 aromatic rings. The fourth-order valence-electron chi connectivity index (χ4n) is 3.21. The second-order valence-corrected chi connectivity index (χ2v) is 8.41. The van der Waals surface area contributed by atoms with E-state index >= 15 is 0 Å². The van der Waals surface area contributed by atoms with E-state index in [0.29, 0.717) is 23.0 Å². The molecular formula is C25H20ClF5N8O. The quantitative estimate of drug-likeness (QED) is 0.111. The summed E-state index contributed by atoms with van der Waals surface area (Å²) in [4.78, 5) is 16.4. The molecule has 0 saturated carbocycles. The molecule has 0 aliphatic heterocycles. The molecular weight excluding hydrogens is 559 g/mol. The lowest BCUT2D eigenvalue weighted by molar-refractivity contribution is -0.139. The molecule has 0 amide bonds. The van der Waals surface area contributed by atoms with Gasteiger partial charge in [-0.3, -0.25) is 0 Å². The van der Waals surface area contributed by atoms with Crippen LogP contribution in [0.2, 0.25) is 5.15 Å². The summed E-state index contributed by atoms with van der Waals surface area (Å²) in [6, 6.07) is 12.5. The number of ether oxygens (including phenoxy) is 1. The van der Waals surface area contributed by atoms with E-state index < -0.39 is 24.2 Å². The van der Waals surface area contributed by atoms with Crippen molar-refractivity contribution in [1.82, 2.24) is 19.9 Å². The zero-order chi connectivity index (χ0) is 28.5. The van der Waals surface area contributed by atoms with Crippen molar-refractivity contribution in [3.05, 3.63) is 88.5 Å². The molecule has 15 heteroatoms. The molecule has 9 nitrogen and oxygen atoms in total. The number of pyridine rings is 1. The highest BCUT2D eigenvalue weighted by molar-refractivity contribution is 6.29. The number of aromatic nitrogens is 4. The second kappa shape index (κ2) is 13.1. The Labute approximate surface area is 229 Å². The highest BCUT2D eigenvalue weighted by Crippen LogP contribution is 2.33. The topological polar surface area (TPSA) is 110 Å². The number of alkyl halides is 4. The minimum Gasteiger partial charge on any atom is -0.491 e. The SMILES string of the molecule is FCCOc1ccc(CN=Nc2nc(NCc3ccc(Cl)nc3)nc(Nc3ccc(F)c(C(F)(F)F)c3)n2)cc1. The Balaban J connectivity index is 1.54. The number of rotatable bonds is 11. The summed E-state index contributed by atoms with van der Waals surface area (Å²) in [5.41, 5.74) is -0.0370. The highest BCUT2D eigenvalue weighted by atomic mass is 35.5. The summed E-state index contributed by atoms with van der Waals surface area (Å²) in [5.74, 6) is -1.17. The zero-order valence-electron chi connectivity index (χ0n) is 20.5. The number of nitrogens with one attached hydrogen (secondary N) is 2. The summed E-state index contributed by atoms with van der Waals surface area (Å²) in [7, 11) is 0. The van der Waals surface area contributed by atoms with Gasteiger partial charge in [0.25, 0.3) is 5.95 Å². The fourth-order valence-corrected chi connectivity index (χ4v) is 3.33. The van der Waals surface area contributed by atoms with Gasteiger partial charge in [-0.25, -0.2) is 13.8 Å². The van der Waals surface area contributed by atoms with Gasteiger partial charge in [0.05, 0.1) is 12.1 Å². The number of hydrogen-bond acceptors (Lipinski definition) is 9. The lowest BCUT2D eigenvalue weighted by atomic mass is 10.2. The minimum atomic E-state index is -4.89. The third-order valence-corrected chi connectivity index (χ3v) is 5.30. The number of nitrogens with zero attached hydrogens (tertiary/aromatic N) is 6. The monoisotopic (exact) mass is 578 g/mol. The normalized spacial score (nSPS) is 11.6. The molecule has 0 unspecified atom stereocenters. The molecule has 0 bridgehead atoms. The second-order valence-electron chi connectivity index (χ2n) is 8.02. The first-order valence-electron chi connectivity index (χ1n) is 11.6. The van der Waals surface area contributed by atoms with Gasteiger partial charge in [-0.2, -0.15) is 33.2 Å². The van der Waals surface area contributed by atoms with Crippen LogP contribution in [-0.2, 0) is 19.3 Å². The molecule has 2 heterocycles. The third kappa shape index (κ3) is 8.27. The van der Waals surface area contributed by atoms with Crippen molar-refractivity contribution in [2.75, 3.05) is 23.9 Å². The Bertz CT molecular complexity index is 1450. The molecule has 0 saturated heterocycles. The van der Waals surface area contributed by atoms with Crippen molar-refractivity contribution in [2.24, 2.45) is 10.2 Å². The molecule has 2 N–H and O–H groups in total. The van der Waals surface area contributed by atoms with Gasteiger partial charge in [-0.05, 0) is 47.5 Å². The number of hydrogen-bond donors (Lipinski definition) is 2. The fraction of sp³-hybridized carbons (Fsp3) is 0.200. The summed E-state index contributed by atoms with van der Waals surface area (Å²) < 4.78 is 70.6. The molecule has 208 valence electrons. The minimum absolute atomic E-state index is 0.0360. The first kappa shape index (κ1) is 28.5. The van der Waals surface area contributed by atoms with E-state index in [1.807, 2.05) is 0 Å². The molecule has 2 aromatic heterocycles. The predicted molar refractivity (Wildman–Crippen MR) is 137 cm³/mol. The van der Waals surface area contributed by atoms with Crippen LogP contribution in [0.5, 0.6) is 5.75 Å².